The third-order valence-electron chi connectivity index (χ3n) is 5.17. The quantitative estimate of drug-likeness (QED) is 0.729. The summed E-state index contributed by atoms with van der Waals surface area (Å²) < 4.78 is 28.9. The number of rotatable bonds is 3. The molecule has 1 aromatic heterocycles. The van der Waals surface area contributed by atoms with E-state index in [9.17, 15) is 8.42 Å². The number of benzene rings is 1. The van der Waals surface area contributed by atoms with E-state index in [1.165, 1.54) is 9.75 Å². The highest BCUT2D eigenvalue weighted by molar-refractivity contribution is 7.89. The first-order valence-electron chi connectivity index (χ1n) is 8.97. The van der Waals surface area contributed by atoms with E-state index in [2.05, 4.69) is 19.1 Å². The smallest absolute Gasteiger partial charge is 0.207 e. The van der Waals surface area contributed by atoms with E-state index in [1.807, 2.05) is 32.9 Å². The fourth-order valence-electron chi connectivity index (χ4n) is 3.62. The van der Waals surface area contributed by atoms with Gasteiger partial charge >= 0.3 is 0 Å². The molecular weight excluding hydrogens is 350 g/mol. The molecule has 2 heterocycles. The van der Waals surface area contributed by atoms with Crippen molar-refractivity contribution in [3.05, 3.63) is 50.7 Å². The fourth-order valence-corrected chi connectivity index (χ4v) is 6.68. The number of hydrogen-bond donors (Lipinski definition) is 0. The van der Waals surface area contributed by atoms with E-state index >= 15 is 0 Å². The standard InChI is InChI=1S/C20H27NO2S2/c1-14-12-16(3)20(13-15(14)2)25(22,23)21-11-7-5-6-8-18(21)19-10-9-17(4)24-19/h9-10,12-13,18H,5-8,11H2,1-4H3/t18-/m1/s1. The van der Waals surface area contributed by atoms with Gasteiger partial charge in [-0.2, -0.15) is 4.31 Å². The van der Waals surface area contributed by atoms with Crippen LogP contribution in [0.4, 0.5) is 0 Å². The second-order valence-corrected chi connectivity index (χ2v) is 10.3. The van der Waals surface area contributed by atoms with Gasteiger partial charge in [-0.1, -0.05) is 18.9 Å². The van der Waals surface area contributed by atoms with Gasteiger partial charge in [0, 0.05) is 16.3 Å². The van der Waals surface area contributed by atoms with Crippen molar-refractivity contribution < 1.29 is 8.42 Å². The Balaban J connectivity index is 2.07. The number of nitrogens with zero attached hydrogens (tertiary/aromatic N) is 1. The summed E-state index contributed by atoms with van der Waals surface area (Å²) in [6.07, 6.45) is 4.02. The van der Waals surface area contributed by atoms with Crippen LogP contribution in [0.25, 0.3) is 0 Å². The predicted octanol–water partition coefficient (Wildman–Crippen LogP) is 5.29. The Morgan fingerprint density at radius 2 is 1.68 bits per heavy atom. The van der Waals surface area contributed by atoms with Gasteiger partial charge in [-0.15, -0.1) is 11.3 Å². The lowest BCUT2D eigenvalue weighted by Gasteiger charge is -2.29. The first-order valence-corrected chi connectivity index (χ1v) is 11.2. The summed E-state index contributed by atoms with van der Waals surface area (Å²) in [5, 5.41) is 0. The van der Waals surface area contributed by atoms with E-state index < -0.39 is 10.0 Å². The minimum atomic E-state index is -3.50. The zero-order chi connectivity index (χ0) is 18.2. The van der Waals surface area contributed by atoms with E-state index in [0.29, 0.717) is 11.4 Å². The Labute approximate surface area is 155 Å². The van der Waals surface area contributed by atoms with Crippen LogP contribution in [-0.4, -0.2) is 19.3 Å². The molecule has 2 aromatic rings. The first-order chi connectivity index (χ1) is 11.8. The average Bonchev–Trinajstić information content (AvgIpc) is 2.83. The Morgan fingerprint density at radius 1 is 0.960 bits per heavy atom. The number of aryl methyl sites for hydroxylation is 4. The molecular formula is C20H27NO2S2. The van der Waals surface area contributed by atoms with Crippen molar-refractivity contribution in [2.45, 2.75) is 64.3 Å². The van der Waals surface area contributed by atoms with Crippen molar-refractivity contribution in [1.29, 1.82) is 0 Å². The van der Waals surface area contributed by atoms with Gasteiger partial charge in [-0.05, 0) is 75.4 Å². The van der Waals surface area contributed by atoms with Gasteiger partial charge in [0.2, 0.25) is 10.0 Å². The normalized spacial score (nSPS) is 19.8. The van der Waals surface area contributed by atoms with Gasteiger partial charge in [0.1, 0.15) is 0 Å². The van der Waals surface area contributed by atoms with Crippen LogP contribution in [0.5, 0.6) is 0 Å². The molecule has 3 rings (SSSR count). The van der Waals surface area contributed by atoms with Crippen molar-refractivity contribution in [3.8, 4) is 0 Å². The van der Waals surface area contributed by atoms with Crippen molar-refractivity contribution in [1.82, 2.24) is 4.31 Å². The molecule has 1 aliphatic heterocycles. The van der Waals surface area contributed by atoms with Crippen LogP contribution in [0.2, 0.25) is 0 Å². The van der Waals surface area contributed by atoms with Gasteiger partial charge in [-0.25, -0.2) is 8.42 Å². The largest absolute Gasteiger partial charge is 0.243 e. The summed E-state index contributed by atoms with van der Waals surface area (Å²) in [5.74, 6) is 0. The molecule has 1 saturated heterocycles. The lowest BCUT2D eigenvalue weighted by atomic mass is 10.1. The molecule has 1 fully saturated rings. The summed E-state index contributed by atoms with van der Waals surface area (Å²) in [6, 6.07) is 8.00. The van der Waals surface area contributed by atoms with Crippen molar-refractivity contribution >= 4 is 21.4 Å². The van der Waals surface area contributed by atoms with Gasteiger partial charge in [-0.3, -0.25) is 0 Å². The monoisotopic (exact) mass is 377 g/mol. The van der Waals surface area contributed by atoms with Gasteiger partial charge in [0.05, 0.1) is 10.9 Å². The minimum absolute atomic E-state index is 0.0350. The molecule has 0 unspecified atom stereocenters. The van der Waals surface area contributed by atoms with Gasteiger partial charge in [0.15, 0.2) is 0 Å². The Kier molecular flexibility index (Phi) is 5.37. The molecule has 25 heavy (non-hydrogen) atoms. The van der Waals surface area contributed by atoms with Crippen molar-refractivity contribution in [3.63, 3.8) is 0 Å². The van der Waals surface area contributed by atoms with E-state index in [4.69, 9.17) is 0 Å². The molecule has 1 aliphatic rings. The molecule has 3 nitrogen and oxygen atoms in total. The molecule has 0 radical (unpaired) electrons. The van der Waals surface area contributed by atoms with Crippen LogP contribution in [0.3, 0.4) is 0 Å². The number of hydrogen-bond acceptors (Lipinski definition) is 3. The van der Waals surface area contributed by atoms with Crippen LogP contribution in [-0.2, 0) is 10.0 Å². The molecule has 0 saturated carbocycles. The summed E-state index contributed by atoms with van der Waals surface area (Å²) in [5.41, 5.74) is 3.01. The maximum absolute atomic E-state index is 13.5. The zero-order valence-electron chi connectivity index (χ0n) is 15.5. The van der Waals surface area contributed by atoms with Crippen molar-refractivity contribution in [2.75, 3.05) is 6.54 Å². The molecule has 0 bridgehead atoms. The second kappa shape index (κ2) is 7.22. The SMILES string of the molecule is Cc1ccc([C@H]2CCCCCN2S(=O)(=O)c2cc(C)c(C)cc2C)s1. The topological polar surface area (TPSA) is 37.4 Å². The molecule has 0 spiro atoms. The van der Waals surface area contributed by atoms with E-state index in [-0.39, 0.29) is 6.04 Å². The maximum Gasteiger partial charge on any atom is 0.243 e. The van der Waals surface area contributed by atoms with E-state index in [1.54, 1.807) is 15.6 Å². The fraction of sp³-hybridized carbons (Fsp3) is 0.500. The van der Waals surface area contributed by atoms with Crippen molar-refractivity contribution in [2.24, 2.45) is 0 Å². The number of sulfonamides is 1. The first kappa shape index (κ1) is 18.6. The van der Waals surface area contributed by atoms with Crippen LogP contribution in [0.15, 0.2) is 29.2 Å². The lowest BCUT2D eigenvalue weighted by molar-refractivity contribution is 0.333. The van der Waals surface area contributed by atoms with E-state index in [0.717, 1.165) is 42.4 Å². The molecule has 1 atom stereocenters. The Morgan fingerprint density at radius 3 is 2.36 bits per heavy atom. The van der Waals surface area contributed by atoms with Crippen LogP contribution in [0.1, 0.15) is 58.2 Å². The van der Waals surface area contributed by atoms with Gasteiger partial charge < -0.3 is 0 Å². The lowest BCUT2D eigenvalue weighted by Crippen LogP contribution is -2.35. The third kappa shape index (κ3) is 3.69. The summed E-state index contributed by atoms with van der Waals surface area (Å²) in [4.78, 5) is 2.87. The highest BCUT2D eigenvalue weighted by Crippen LogP contribution is 2.38. The second-order valence-electron chi connectivity index (χ2n) is 7.13. The van der Waals surface area contributed by atoms with Crippen LogP contribution < -0.4 is 0 Å². The molecule has 5 heteroatoms. The van der Waals surface area contributed by atoms with Crippen LogP contribution in [0, 0.1) is 27.7 Å². The predicted molar refractivity (Wildman–Crippen MR) is 105 cm³/mol. The van der Waals surface area contributed by atoms with Gasteiger partial charge in [0.25, 0.3) is 0 Å². The summed E-state index contributed by atoms with van der Waals surface area (Å²) in [7, 11) is -3.50. The molecule has 0 aliphatic carbocycles. The number of thiophene rings is 1. The summed E-state index contributed by atoms with van der Waals surface area (Å²) in [6.45, 7) is 8.60. The zero-order valence-corrected chi connectivity index (χ0v) is 17.1. The Hall–Kier alpha value is -1.17. The highest BCUT2D eigenvalue weighted by Gasteiger charge is 2.35. The summed E-state index contributed by atoms with van der Waals surface area (Å²) >= 11 is 1.72. The Bertz CT molecular complexity index is 868. The molecule has 0 amide bonds. The highest BCUT2D eigenvalue weighted by atomic mass is 32.2. The maximum atomic E-state index is 13.5. The van der Waals surface area contributed by atoms with Crippen LogP contribution >= 0.6 is 11.3 Å². The third-order valence-corrected chi connectivity index (χ3v) is 8.32. The average molecular weight is 378 g/mol. The minimum Gasteiger partial charge on any atom is -0.207 e. The molecule has 1 aromatic carbocycles. The molecule has 136 valence electrons. The molecule has 0 N–H and O–H groups in total.